The molecule has 1 aromatic carbocycles. The highest BCUT2D eigenvalue weighted by molar-refractivity contribution is 6.19. The number of amidine groups is 1. The molecule has 0 unspecified atom stereocenters. The predicted molar refractivity (Wildman–Crippen MR) is 93.6 cm³/mol. The van der Waals surface area contributed by atoms with E-state index in [4.69, 9.17) is 4.42 Å². The van der Waals surface area contributed by atoms with Crippen molar-refractivity contribution in [3.63, 3.8) is 0 Å². The zero-order valence-electron chi connectivity index (χ0n) is 13.9. The van der Waals surface area contributed by atoms with Crippen LogP contribution < -0.4 is 5.32 Å². The highest BCUT2D eigenvalue weighted by atomic mass is 16.4. The summed E-state index contributed by atoms with van der Waals surface area (Å²) in [6.45, 7) is 7.27. The van der Waals surface area contributed by atoms with Crippen molar-refractivity contribution >= 4 is 29.7 Å². The van der Waals surface area contributed by atoms with Crippen molar-refractivity contribution in [3.05, 3.63) is 46.2 Å². The molecular weight excluding hydrogens is 304 g/mol. The van der Waals surface area contributed by atoms with Crippen molar-refractivity contribution < 1.29 is 9.21 Å². The normalized spacial score (nSPS) is 15.1. The van der Waals surface area contributed by atoms with Gasteiger partial charge in [-0.25, -0.2) is 4.99 Å². The minimum absolute atomic E-state index is 0.200. The fourth-order valence-electron chi connectivity index (χ4n) is 3.26. The summed E-state index contributed by atoms with van der Waals surface area (Å²) in [7, 11) is 0. The first-order valence-corrected chi connectivity index (χ1v) is 7.91. The van der Waals surface area contributed by atoms with Crippen molar-refractivity contribution in [1.82, 2.24) is 4.90 Å². The van der Waals surface area contributed by atoms with E-state index in [1.165, 1.54) is 0 Å². The lowest BCUT2D eigenvalue weighted by atomic mass is 10.1. The molecule has 1 N–H and O–H groups in total. The molecule has 24 heavy (non-hydrogen) atoms. The molecule has 0 spiro atoms. The number of aryl methyl sites for hydroxylation is 3. The number of hydrogen-bond acceptors (Lipinski definition) is 5. The van der Waals surface area contributed by atoms with Gasteiger partial charge in [0.05, 0.1) is 17.7 Å². The first kappa shape index (κ1) is 14.7. The zero-order chi connectivity index (χ0) is 16.8. The highest BCUT2D eigenvalue weighted by Crippen LogP contribution is 2.34. The van der Waals surface area contributed by atoms with Gasteiger partial charge in [-0.15, -0.1) is 0 Å². The van der Waals surface area contributed by atoms with Crippen LogP contribution in [0, 0.1) is 20.8 Å². The molecule has 0 saturated carbocycles. The third-order valence-electron chi connectivity index (χ3n) is 4.18. The Morgan fingerprint density at radius 3 is 2.71 bits per heavy atom. The van der Waals surface area contributed by atoms with E-state index >= 15 is 0 Å². The number of carbonyl (C=O) groups is 1. The fraction of sp³-hybridized carbons (Fsp3) is 0.278. The average Bonchev–Trinajstić information content (AvgIpc) is 3.08. The molecular formula is C18H18N4O2. The van der Waals surface area contributed by atoms with Gasteiger partial charge < -0.3 is 14.6 Å². The Morgan fingerprint density at radius 1 is 1.21 bits per heavy atom. The van der Waals surface area contributed by atoms with Gasteiger partial charge in [-0.3, -0.25) is 9.79 Å². The number of anilines is 1. The van der Waals surface area contributed by atoms with Crippen LogP contribution in [0.1, 0.15) is 32.8 Å². The van der Waals surface area contributed by atoms with Gasteiger partial charge in [0.1, 0.15) is 17.9 Å². The topological polar surface area (TPSA) is 70.2 Å². The fourth-order valence-corrected chi connectivity index (χ4v) is 3.26. The van der Waals surface area contributed by atoms with Crippen LogP contribution in [0.5, 0.6) is 0 Å². The first-order valence-electron chi connectivity index (χ1n) is 7.91. The van der Waals surface area contributed by atoms with Crippen molar-refractivity contribution in [2.24, 2.45) is 9.98 Å². The van der Waals surface area contributed by atoms with Gasteiger partial charge in [0.15, 0.2) is 0 Å². The van der Waals surface area contributed by atoms with E-state index in [0.717, 1.165) is 29.2 Å². The third-order valence-corrected chi connectivity index (χ3v) is 4.18. The number of fused-ring (bicyclic) bond motifs is 3. The maximum Gasteiger partial charge on any atom is 0.260 e. The molecule has 0 fully saturated rings. The van der Waals surface area contributed by atoms with Crippen LogP contribution in [0.25, 0.3) is 0 Å². The molecule has 0 aliphatic carbocycles. The maximum atomic E-state index is 12.9. The molecule has 0 saturated heterocycles. The lowest BCUT2D eigenvalue weighted by Gasteiger charge is -2.18. The van der Waals surface area contributed by atoms with Crippen molar-refractivity contribution in [2.75, 3.05) is 18.4 Å². The van der Waals surface area contributed by atoms with E-state index in [-0.39, 0.29) is 5.91 Å². The van der Waals surface area contributed by atoms with Gasteiger partial charge in [-0.1, -0.05) is 6.07 Å². The monoisotopic (exact) mass is 322 g/mol. The van der Waals surface area contributed by atoms with Gasteiger partial charge in [0.25, 0.3) is 5.91 Å². The number of furan rings is 1. The molecule has 1 aromatic heterocycles. The maximum absolute atomic E-state index is 12.9. The van der Waals surface area contributed by atoms with Gasteiger partial charge in [0, 0.05) is 12.2 Å². The summed E-state index contributed by atoms with van der Waals surface area (Å²) in [6, 6.07) is 5.97. The van der Waals surface area contributed by atoms with Gasteiger partial charge in [0.2, 0.25) is 5.88 Å². The van der Waals surface area contributed by atoms with Crippen LogP contribution in [0.15, 0.2) is 32.6 Å². The Balaban J connectivity index is 1.73. The Kier molecular flexibility index (Phi) is 3.26. The number of amides is 1. The van der Waals surface area contributed by atoms with Crippen LogP contribution in [-0.4, -0.2) is 36.1 Å². The van der Waals surface area contributed by atoms with E-state index in [2.05, 4.69) is 21.4 Å². The molecule has 6 heteroatoms. The number of nitrogens with one attached hydrogen (secondary N) is 1. The Hall–Kier alpha value is -2.89. The Bertz CT molecular complexity index is 888. The second kappa shape index (κ2) is 5.33. The first-order chi connectivity index (χ1) is 11.5. The molecule has 6 nitrogen and oxygen atoms in total. The van der Waals surface area contributed by atoms with Crippen molar-refractivity contribution in [2.45, 2.75) is 20.8 Å². The summed E-state index contributed by atoms with van der Waals surface area (Å²) in [4.78, 5) is 23.6. The summed E-state index contributed by atoms with van der Waals surface area (Å²) in [5.74, 6) is 1.57. The molecule has 3 heterocycles. The molecule has 2 aliphatic heterocycles. The molecule has 122 valence electrons. The van der Waals surface area contributed by atoms with E-state index < -0.39 is 0 Å². The van der Waals surface area contributed by atoms with Crippen LogP contribution in [0.2, 0.25) is 0 Å². The summed E-state index contributed by atoms with van der Waals surface area (Å²) in [6.07, 6.45) is 1.71. The van der Waals surface area contributed by atoms with Gasteiger partial charge in [-0.05, 0) is 44.0 Å². The number of benzene rings is 1. The van der Waals surface area contributed by atoms with Crippen LogP contribution in [0.4, 0.5) is 11.6 Å². The summed E-state index contributed by atoms with van der Waals surface area (Å²) in [5.41, 5.74) is 4.18. The lowest BCUT2D eigenvalue weighted by Crippen LogP contribution is -2.30. The van der Waals surface area contributed by atoms with Crippen LogP contribution in [0.3, 0.4) is 0 Å². The van der Waals surface area contributed by atoms with Crippen molar-refractivity contribution in [1.29, 1.82) is 0 Å². The minimum Gasteiger partial charge on any atom is -0.442 e. The Labute approximate surface area is 139 Å². The quantitative estimate of drug-likeness (QED) is 0.923. The van der Waals surface area contributed by atoms with Crippen molar-refractivity contribution in [3.8, 4) is 0 Å². The van der Waals surface area contributed by atoms with E-state index in [1.54, 1.807) is 13.3 Å². The number of rotatable bonds is 2. The number of aliphatic imine (C=N–C) groups is 2. The van der Waals surface area contributed by atoms with E-state index in [1.807, 2.05) is 30.9 Å². The van der Waals surface area contributed by atoms with Crippen LogP contribution >= 0.6 is 0 Å². The average molecular weight is 322 g/mol. The SMILES string of the molecule is Cc1cc(C)cc(NC(=O)c2c(C)oc3c2C2=NCCN2C=N3)c1. The summed E-state index contributed by atoms with van der Waals surface area (Å²) >= 11 is 0. The second-order valence-electron chi connectivity index (χ2n) is 6.19. The molecule has 4 rings (SSSR count). The molecule has 0 atom stereocenters. The number of nitrogens with zero attached hydrogens (tertiary/aromatic N) is 3. The molecule has 2 aromatic rings. The minimum atomic E-state index is -0.200. The van der Waals surface area contributed by atoms with Gasteiger partial charge in [-0.2, -0.15) is 0 Å². The van der Waals surface area contributed by atoms with E-state index in [0.29, 0.717) is 29.3 Å². The van der Waals surface area contributed by atoms with Crippen LogP contribution in [-0.2, 0) is 0 Å². The van der Waals surface area contributed by atoms with Gasteiger partial charge >= 0.3 is 0 Å². The summed E-state index contributed by atoms with van der Waals surface area (Å²) in [5, 5.41) is 2.97. The molecule has 2 aliphatic rings. The predicted octanol–water partition coefficient (Wildman–Crippen LogP) is 3.19. The van der Waals surface area contributed by atoms with E-state index in [9.17, 15) is 4.79 Å². The molecule has 1 amide bonds. The molecule has 0 radical (unpaired) electrons. The highest BCUT2D eigenvalue weighted by Gasteiger charge is 2.33. The summed E-state index contributed by atoms with van der Waals surface area (Å²) < 4.78 is 5.69. The smallest absolute Gasteiger partial charge is 0.260 e. The Morgan fingerprint density at radius 2 is 1.96 bits per heavy atom. The number of carbonyl (C=O) groups excluding carboxylic acids is 1. The standard InChI is InChI=1S/C18H18N4O2/c1-10-6-11(2)8-13(7-10)21-17(23)14-12(3)24-18-15(14)16-19-4-5-22(16)9-20-18/h6-9H,4-5H2,1-3H3,(H,21,23). The second-order valence-corrected chi connectivity index (χ2v) is 6.19. The third kappa shape index (κ3) is 2.31. The zero-order valence-corrected chi connectivity index (χ0v) is 13.9. The largest absolute Gasteiger partial charge is 0.442 e. The lowest BCUT2D eigenvalue weighted by molar-refractivity contribution is 0.102. The number of hydrogen-bond donors (Lipinski definition) is 1. The molecule has 0 bridgehead atoms.